The number of nitrogens with two attached hydrogens (primary N) is 1. The van der Waals surface area contributed by atoms with Gasteiger partial charge in [-0.2, -0.15) is 0 Å². The normalized spacial score (nSPS) is 20.6. The molecular formula is C16H15Br2NO2. The van der Waals surface area contributed by atoms with E-state index in [4.69, 9.17) is 15.2 Å². The Morgan fingerprint density at radius 2 is 1.76 bits per heavy atom. The molecule has 21 heavy (non-hydrogen) atoms. The summed E-state index contributed by atoms with van der Waals surface area (Å²) in [6, 6.07) is 11.8. The van der Waals surface area contributed by atoms with Crippen molar-refractivity contribution in [1.29, 1.82) is 0 Å². The summed E-state index contributed by atoms with van der Waals surface area (Å²) >= 11 is 6.97. The minimum absolute atomic E-state index is 0.0556. The predicted octanol–water partition coefficient (Wildman–Crippen LogP) is 4.74. The first-order chi connectivity index (χ1) is 10.1. The maximum Gasteiger partial charge on any atom is 0.129 e. The molecule has 3 nitrogen and oxygen atoms in total. The number of benzene rings is 2. The van der Waals surface area contributed by atoms with Crippen LogP contribution in [-0.2, 0) is 0 Å². The highest BCUT2D eigenvalue weighted by Crippen LogP contribution is 2.43. The lowest BCUT2D eigenvalue weighted by Gasteiger charge is -2.31. The molecule has 2 atom stereocenters. The average molecular weight is 413 g/mol. The fourth-order valence-corrected chi connectivity index (χ4v) is 3.38. The Morgan fingerprint density at radius 3 is 2.48 bits per heavy atom. The molecule has 0 saturated carbocycles. The molecule has 0 fully saturated rings. The number of hydrogen-bond acceptors (Lipinski definition) is 3. The minimum atomic E-state index is -0.110. The number of rotatable bonds is 2. The van der Waals surface area contributed by atoms with Crippen LogP contribution >= 0.6 is 31.9 Å². The van der Waals surface area contributed by atoms with Gasteiger partial charge in [-0.1, -0.05) is 31.9 Å². The molecule has 0 spiro atoms. The summed E-state index contributed by atoms with van der Waals surface area (Å²) in [5, 5.41) is 0. The molecule has 1 unspecified atom stereocenters. The molecule has 2 aromatic carbocycles. The van der Waals surface area contributed by atoms with E-state index in [9.17, 15) is 0 Å². The lowest BCUT2D eigenvalue weighted by atomic mass is 9.93. The van der Waals surface area contributed by atoms with Crippen LogP contribution in [0.5, 0.6) is 11.5 Å². The van der Waals surface area contributed by atoms with Crippen molar-refractivity contribution in [3.63, 3.8) is 0 Å². The Bertz CT molecular complexity index is 675. The summed E-state index contributed by atoms with van der Waals surface area (Å²) in [4.78, 5) is 0. The van der Waals surface area contributed by atoms with Gasteiger partial charge in [-0.25, -0.2) is 0 Å². The van der Waals surface area contributed by atoms with Gasteiger partial charge in [0, 0.05) is 32.5 Å². The fourth-order valence-electron chi connectivity index (χ4n) is 2.62. The van der Waals surface area contributed by atoms with Crippen LogP contribution in [0.4, 0.5) is 0 Å². The van der Waals surface area contributed by atoms with Crippen LogP contribution in [0.25, 0.3) is 0 Å². The zero-order chi connectivity index (χ0) is 15.0. The van der Waals surface area contributed by atoms with Gasteiger partial charge in [0.05, 0.1) is 7.11 Å². The highest BCUT2D eigenvalue weighted by molar-refractivity contribution is 9.10. The molecule has 1 aliphatic heterocycles. The Hall–Kier alpha value is -1.04. The third-order valence-electron chi connectivity index (χ3n) is 3.65. The molecule has 2 N–H and O–H groups in total. The lowest BCUT2D eigenvalue weighted by Crippen LogP contribution is -2.24. The van der Waals surface area contributed by atoms with Crippen molar-refractivity contribution >= 4 is 31.9 Å². The zero-order valence-corrected chi connectivity index (χ0v) is 14.6. The van der Waals surface area contributed by atoms with E-state index in [0.717, 1.165) is 38.0 Å². The second-order valence-corrected chi connectivity index (χ2v) is 6.85. The average Bonchev–Trinajstić information content (AvgIpc) is 2.47. The summed E-state index contributed by atoms with van der Waals surface area (Å²) in [6.07, 6.45) is 0.608. The zero-order valence-electron chi connectivity index (χ0n) is 11.5. The molecule has 3 rings (SSSR count). The quantitative estimate of drug-likeness (QED) is 0.774. The van der Waals surface area contributed by atoms with E-state index >= 15 is 0 Å². The van der Waals surface area contributed by atoms with Gasteiger partial charge in [-0.3, -0.25) is 0 Å². The first-order valence-corrected chi connectivity index (χ1v) is 8.22. The fraction of sp³-hybridized carbons (Fsp3) is 0.250. The van der Waals surface area contributed by atoms with E-state index in [1.807, 2.05) is 36.4 Å². The molecule has 0 amide bonds. The Kier molecular flexibility index (Phi) is 4.24. The second-order valence-electron chi connectivity index (χ2n) is 5.02. The highest BCUT2D eigenvalue weighted by Gasteiger charge is 2.29. The van der Waals surface area contributed by atoms with E-state index in [2.05, 4.69) is 31.9 Å². The van der Waals surface area contributed by atoms with E-state index in [1.54, 1.807) is 7.11 Å². The van der Waals surface area contributed by atoms with Crippen molar-refractivity contribution in [3.8, 4) is 11.5 Å². The second kappa shape index (κ2) is 5.99. The molecule has 0 radical (unpaired) electrons. The first kappa shape index (κ1) is 14.9. The molecule has 0 saturated heterocycles. The van der Waals surface area contributed by atoms with Crippen LogP contribution in [0.2, 0.25) is 0 Å². The monoisotopic (exact) mass is 411 g/mol. The summed E-state index contributed by atoms with van der Waals surface area (Å²) in [6.45, 7) is 0. The van der Waals surface area contributed by atoms with E-state index < -0.39 is 0 Å². The minimum Gasteiger partial charge on any atom is -0.496 e. The largest absolute Gasteiger partial charge is 0.496 e. The van der Waals surface area contributed by atoms with Crippen LogP contribution in [0.3, 0.4) is 0 Å². The molecule has 0 bridgehead atoms. The molecule has 1 heterocycles. The van der Waals surface area contributed by atoms with Crippen LogP contribution in [-0.4, -0.2) is 7.11 Å². The van der Waals surface area contributed by atoms with Crippen molar-refractivity contribution in [2.45, 2.75) is 18.6 Å². The highest BCUT2D eigenvalue weighted by atomic mass is 79.9. The summed E-state index contributed by atoms with van der Waals surface area (Å²) in [7, 11) is 1.67. The lowest BCUT2D eigenvalue weighted by molar-refractivity contribution is 0.158. The number of ether oxygens (including phenoxy) is 2. The van der Waals surface area contributed by atoms with Crippen molar-refractivity contribution < 1.29 is 9.47 Å². The molecule has 0 aliphatic carbocycles. The SMILES string of the molecule is COc1ccc(Br)cc1C1C[C@H](N)c2cc(Br)ccc2O1. The molecule has 1 aliphatic rings. The summed E-state index contributed by atoms with van der Waals surface area (Å²) in [5.74, 6) is 1.65. The molecule has 0 aromatic heterocycles. The predicted molar refractivity (Wildman–Crippen MR) is 89.8 cm³/mol. The van der Waals surface area contributed by atoms with Crippen LogP contribution in [0.1, 0.15) is 29.7 Å². The number of methoxy groups -OCH3 is 1. The maximum absolute atomic E-state index is 6.32. The van der Waals surface area contributed by atoms with Gasteiger partial charge >= 0.3 is 0 Å². The Balaban J connectivity index is 1.99. The van der Waals surface area contributed by atoms with Crippen LogP contribution < -0.4 is 15.2 Å². The van der Waals surface area contributed by atoms with Crippen molar-refractivity contribution in [2.75, 3.05) is 7.11 Å². The number of hydrogen-bond donors (Lipinski definition) is 1. The topological polar surface area (TPSA) is 44.5 Å². The Labute approximate surface area is 140 Å². The van der Waals surface area contributed by atoms with Crippen LogP contribution in [0, 0.1) is 0 Å². The standard InChI is InChI=1S/C16H15Br2NO2/c1-20-14-4-2-10(18)7-12(14)16-8-13(19)11-6-9(17)3-5-15(11)21-16/h2-7,13,16H,8,19H2,1H3/t13-,16?/m0/s1. The van der Waals surface area contributed by atoms with Gasteiger partial charge < -0.3 is 15.2 Å². The van der Waals surface area contributed by atoms with E-state index in [-0.39, 0.29) is 12.1 Å². The van der Waals surface area contributed by atoms with Gasteiger partial charge in [-0.15, -0.1) is 0 Å². The van der Waals surface area contributed by atoms with E-state index in [1.165, 1.54) is 0 Å². The van der Waals surface area contributed by atoms with E-state index in [0.29, 0.717) is 0 Å². The number of fused-ring (bicyclic) bond motifs is 1. The summed E-state index contributed by atoms with van der Waals surface area (Å²) < 4.78 is 13.6. The van der Waals surface area contributed by atoms with Crippen molar-refractivity contribution in [1.82, 2.24) is 0 Å². The smallest absolute Gasteiger partial charge is 0.129 e. The third-order valence-corrected chi connectivity index (χ3v) is 4.63. The third kappa shape index (κ3) is 2.96. The summed E-state index contributed by atoms with van der Waals surface area (Å²) in [5.41, 5.74) is 8.37. The Morgan fingerprint density at radius 1 is 1.10 bits per heavy atom. The molecule has 5 heteroatoms. The first-order valence-electron chi connectivity index (χ1n) is 6.63. The molecular weight excluding hydrogens is 398 g/mol. The van der Waals surface area contributed by atoms with Crippen molar-refractivity contribution in [2.24, 2.45) is 5.73 Å². The van der Waals surface area contributed by atoms with Gasteiger partial charge in [0.15, 0.2) is 0 Å². The molecule has 2 aromatic rings. The van der Waals surface area contributed by atoms with Crippen LogP contribution in [0.15, 0.2) is 45.3 Å². The molecule has 110 valence electrons. The van der Waals surface area contributed by atoms with Crippen molar-refractivity contribution in [3.05, 3.63) is 56.5 Å². The van der Waals surface area contributed by atoms with Gasteiger partial charge in [0.25, 0.3) is 0 Å². The van der Waals surface area contributed by atoms with Gasteiger partial charge in [-0.05, 0) is 36.4 Å². The maximum atomic E-state index is 6.32. The van der Waals surface area contributed by atoms with Gasteiger partial charge in [0.2, 0.25) is 0 Å². The van der Waals surface area contributed by atoms with Gasteiger partial charge in [0.1, 0.15) is 17.6 Å². The number of halogens is 2.